The second kappa shape index (κ2) is 4.69. The summed E-state index contributed by atoms with van der Waals surface area (Å²) in [6.45, 7) is 2.07. The Morgan fingerprint density at radius 2 is 1.94 bits per heavy atom. The highest BCUT2D eigenvalue weighted by Gasteiger charge is 2.32. The monoisotopic (exact) mass is 218 g/mol. The molecule has 1 aliphatic carbocycles. The maximum Gasteiger partial charge on any atom is 0.307 e. The van der Waals surface area contributed by atoms with E-state index in [0.29, 0.717) is 0 Å². The van der Waals surface area contributed by atoms with Gasteiger partial charge in [0.15, 0.2) is 0 Å². The van der Waals surface area contributed by atoms with E-state index in [1.165, 1.54) is 11.1 Å². The van der Waals surface area contributed by atoms with Crippen LogP contribution in [0.1, 0.15) is 42.7 Å². The van der Waals surface area contributed by atoms with Crippen LogP contribution in [0.3, 0.4) is 0 Å². The van der Waals surface area contributed by atoms with E-state index >= 15 is 0 Å². The predicted molar refractivity (Wildman–Crippen MR) is 63.5 cm³/mol. The fourth-order valence-corrected chi connectivity index (χ4v) is 2.80. The second-order valence-electron chi connectivity index (χ2n) is 4.69. The Morgan fingerprint density at radius 1 is 1.25 bits per heavy atom. The van der Waals surface area contributed by atoms with Crippen molar-refractivity contribution >= 4 is 5.97 Å². The summed E-state index contributed by atoms with van der Waals surface area (Å²) < 4.78 is 0. The SMILES string of the molecule is Cc1ccccc1C1CCCCC1C(=O)O. The highest BCUT2D eigenvalue weighted by atomic mass is 16.4. The van der Waals surface area contributed by atoms with E-state index in [1.54, 1.807) is 0 Å². The molecule has 1 aromatic rings. The molecular weight excluding hydrogens is 200 g/mol. The van der Waals surface area contributed by atoms with Crippen LogP contribution in [0, 0.1) is 12.8 Å². The van der Waals surface area contributed by atoms with Crippen LogP contribution in [-0.4, -0.2) is 11.1 Å². The minimum absolute atomic E-state index is 0.185. The van der Waals surface area contributed by atoms with Gasteiger partial charge in [-0.2, -0.15) is 0 Å². The summed E-state index contributed by atoms with van der Waals surface area (Å²) in [5.41, 5.74) is 2.45. The van der Waals surface area contributed by atoms with Crippen molar-refractivity contribution in [3.63, 3.8) is 0 Å². The Kier molecular flexibility index (Phi) is 3.28. The smallest absolute Gasteiger partial charge is 0.307 e. The van der Waals surface area contributed by atoms with E-state index in [4.69, 9.17) is 0 Å². The first-order chi connectivity index (χ1) is 7.70. The molecule has 0 bridgehead atoms. The fourth-order valence-electron chi connectivity index (χ4n) is 2.80. The minimum atomic E-state index is -0.632. The van der Waals surface area contributed by atoms with Crippen LogP contribution in [0.5, 0.6) is 0 Å². The largest absolute Gasteiger partial charge is 0.481 e. The molecule has 86 valence electrons. The Labute approximate surface area is 96.3 Å². The second-order valence-corrected chi connectivity index (χ2v) is 4.69. The zero-order chi connectivity index (χ0) is 11.5. The molecule has 0 heterocycles. The summed E-state index contributed by atoms with van der Waals surface area (Å²) in [7, 11) is 0. The molecule has 0 amide bonds. The summed E-state index contributed by atoms with van der Waals surface area (Å²) in [4.78, 5) is 11.2. The standard InChI is InChI=1S/C14H18O2/c1-10-6-2-3-7-11(10)12-8-4-5-9-13(12)14(15)16/h2-3,6-7,12-13H,4-5,8-9H2,1H3,(H,15,16). The summed E-state index contributed by atoms with van der Waals surface area (Å²) in [6, 6.07) is 8.18. The van der Waals surface area contributed by atoms with Gasteiger partial charge >= 0.3 is 5.97 Å². The molecule has 0 aliphatic heterocycles. The molecule has 2 atom stereocenters. The van der Waals surface area contributed by atoms with Gasteiger partial charge in [-0.25, -0.2) is 0 Å². The van der Waals surface area contributed by atoms with E-state index in [-0.39, 0.29) is 11.8 Å². The van der Waals surface area contributed by atoms with Gasteiger partial charge in [-0.1, -0.05) is 37.1 Å². The number of carboxylic acid groups (broad SMARTS) is 1. The molecule has 1 aliphatic rings. The van der Waals surface area contributed by atoms with Crippen LogP contribution < -0.4 is 0 Å². The minimum Gasteiger partial charge on any atom is -0.481 e. The number of hydrogen-bond donors (Lipinski definition) is 1. The van der Waals surface area contributed by atoms with Crippen molar-refractivity contribution in [1.29, 1.82) is 0 Å². The number of carbonyl (C=O) groups is 1. The number of aliphatic carboxylic acids is 1. The van der Waals surface area contributed by atoms with Crippen molar-refractivity contribution in [3.05, 3.63) is 35.4 Å². The van der Waals surface area contributed by atoms with E-state index in [9.17, 15) is 9.90 Å². The Balaban J connectivity index is 2.30. The maximum atomic E-state index is 11.2. The van der Waals surface area contributed by atoms with Gasteiger partial charge in [0.2, 0.25) is 0 Å². The van der Waals surface area contributed by atoms with E-state index in [0.717, 1.165) is 25.7 Å². The van der Waals surface area contributed by atoms with Gasteiger partial charge in [-0.3, -0.25) is 4.79 Å². The predicted octanol–water partition coefficient (Wildman–Crippen LogP) is 3.35. The summed E-state index contributed by atoms with van der Waals surface area (Å²) >= 11 is 0. The molecule has 1 saturated carbocycles. The van der Waals surface area contributed by atoms with E-state index in [1.807, 2.05) is 12.1 Å². The van der Waals surface area contributed by atoms with Gasteiger partial charge in [0.05, 0.1) is 5.92 Å². The topological polar surface area (TPSA) is 37.3 Å². The van der Waals surface area contributed by atoms with Gasteiger partial charge < -0.3 is 5.11 Å². The lowest BCUT2D eigenvalue weighted by Crippen LogP contribution is -2.25. The van der Waals surface area contributed by atoms with E-state index < -0.39 is 5.97 Å². The molecule has 0 saturated heterocycles. The normalized spacial score (nSPS) is 25.3. The first-order valence-electron chi connectivity index (χ1n) is 5.98. The fraction of sp³-hybridized carbons (Fsp3) is 0.500. The van der Waals surface area contributed by atoms with E-state index in [2.05, 4.69) is 19.1 Å². The van der Waals surface area contributed by atoms with Crippen LogP contribution >= 0.6 is 0 Å². The van der Waals surface area contributed by atoms with Gasteiger partial charge in [0, 0.05) is 0 Å². The number of aryl methyl sites for hydroxylation is 1. The van der Waals surface area contributed by atoms with Crippen LogP contribution in [0.25, 0.3) is 0 Å². The average Bonchev–Trinajstić information content (AvgIpc) is 2.29. The molecule has 1 N–H and O–H groups in total. The van der Waals surface area contributed by atoms with Crippen molar-refractivity contribution in [2.75, 3.05) is 0 Å². The summed E-state index contributed by atoms with van der Waals surface area (Å²) in [6.07, 6.45) is 4.05. The molecule has 0 aromatic heterocycles. The quantitative estimate of drug-likeness (QED) is 0.826. The number of benzene rings is 1. The highest BCUT2D eigenvalue weighted by Crippen LogP contribution is 2.38. The van der Waals surface area contributed by atoms with Crippen molar-refractivity contribution in [3.8, 4) is 0 Å². The molecule has 1 fully saturated rings. The Bertz CT molecular complexity index is 384. The van der Waals surface area contributed by atoms with Gasteiger partial charge in [-0.05, 0) is 36.8 Å². The van der Waals surface area contributed by atoms with Gasteiger partial charge in [-0.15, -0.1) is 0 Å². The molecule has 1 aromatic carbocycles. The summed E-state index contributed by atoms with van der Waals surface area (Å²) in [5.74, 6) is -0.602. The molecule has 2 heteroatoms. The first kappa shape index (κ1) is 11.2. The van der Waals surface area contributed by atoms with Crippen molar-refractivity contribution in [2.45, 2.75) is 38.5 Å². The van der Waals surface area contributed by atoms with Crippen molar-refractivity contribution in [2.24, 2.45) is 5.92 Å². The molecule has 2 rings (SSSR count). The highest BCUT2D eigenvalue weighted by molar-refractivity contribution is 5.71. The van der Waals surface area contributed by atoms with Crippen LogP contribution in [0.15, 0.2) is 24.3 Å². The zero-order valence-corrected chi connectivity index (χ0v) is 9.65. The molecule has 0 spiro atoms. The summed E-state index contributed by atoms with van der Waals surface area (Å²) in [5, 5.41) is 9.26. The first-order valence-corrected chi connectivity index (χ1v) is 5.98. The van der Waals surface area contributed by atoms with Gasteiger partial charge in [0.25, 0.3) is 0 Å². The maximum absolute atomic E-state index is 11.2. The van der Waals surface area contributed by atoms with Gasteiger partial charge in [0.1, 0.15) is 0 Å². The van der Waals surface area contributed by atoms with Crippen molar-refractivity contribution in [1.82, 2.24) is 0 Å². The molecule has 16 heavy (non-hydrogen) atoms. The van der Waals surface area contributed by atoms with Crippen molar-refractivity contribution < 1.29 is 9.90 Å². The van der Waals surface area contributed by atoms with Crippen LogP contribution in [0.2, 0.25) is 0 Å². The average molecular weight is 218 g/mol. The zero-order valence-electron chi connectivity index (χ0n) is 9.65. The molecule has 0 radical (unpaired) electrons. The third-order valence-electron chi connectivity index (χ3n) is 3.67. The third-order valence-corrected chi connectivity index (χ3v) is 3.67. The third kappa shape index (κ3) is 2.11. The number of hydrogen-bond acceptors (Lipinski definition) is 1. The molecular formula is C14H18O2. The number of rotatable bonds is 2. The lowest BCUT2D eigenvalue weighted by atomic mass is 9.74. The Hall–Kier alpha value is -1.31. The molecule has 2 unspecified atom stereocenters. The Morgan fingerprint density at radius 3 is 2.62 bits per heavy atom. The molecule has 2 nitrogen and oxygen atoms in total. The van der Waals surface area contributed by atoms with Crippen LogP contribution in [-0.2, 0) is 4.79 Å². The number of carboxylic acids is 1. The lowest BCUT2D eigenvalue weighted by Gasteiger charge is -2.29. The van der Waals surface area contributed by atoms with Crippen LogP contribution in [0.4, 0.5) is 0 Å². The lowest BCUT2D eigenvalue weighted by molar-refractivity contribution is -0.143.